The molecule has 0 radical (unpaired) electrons. The SMILES string of the molecule is CCC(C)c1nc(O)c(-c2ccc(C)cc2)c(=O)[nH]1. The standard InChI is InChI=1S/C15H18N2O2/c1-4-10(3)13-16-14(18)12(15(19)17-13)11-7-5-9(2)6-8-11/h5-8,10H,4H2,1-3H3,(H2,16,17,18,19). The monoisotopic (exact) mass is 258 g/mol. The van der Waals surface area contributed by atoms with Gasteiger partial charge in [-0.15, -0.1) is 0 Å². The number of hydrogen-bond donors (Lipinski definition) is 2. The molecule has 0 saturated carbocycles. The summed E-state index contributed by atoms with van der Waals surface area (Å²) >= 11 is 0. The van der Waals surface area contributed by atoms with Gasteiger partial charge in [-0.1, -0.05) is 43.7 Å². The zero-order valence-electron chi connectivity index (χ0n) is 11.4. The van der Waals surface area contributed by atoms with Gasteiger partial charge in [0.05, 0.1) is 0 Å². The number of nitrogens with zero attached hydrogens (tertiary/aromatic N) is 1. The number of hydrogen-bond acceptors (Lipinski definition) is 3. The van der Waals surface area contributed by atoms with Crippen molar-refractivity contribution in [2.45, 2.75) is 33.1 Å². The van der Waals surface area contributed by atoms with Crippen molar-refractivity contribution < 1.29 is 5.11 Å². The highest BCUT2D eigenvalue weighted by Crippen LogP contribution is 2.25. The van der Waals surface area contributed by atoms with E-state index in [-0.39, 0.29) is 22.9 Å². The summed E-state index contributed by atoms with van der Waals surface area (Å²) in [7, 11) is 0. The normalized spacial score (nSPS) is 12.4. The van der Waals surface area contributed by atoms with Gasteiger partial charge in [0, 0.05) is 5.92 Å². The lowest BCUT2D eigenvalue weighted by molar-refractivity contribution is 0.446. The Balaban J connectivity index is 2.54. The largest absolute Gasteiger partial charge is 0.493 e. The van der Waals surface area contributed by atoms with Crippen molar-refractivity contribution in [3.8, 4) is 17.0 Å². The van der Waals surface area contributed by atoms with Crippen molar-refractivity contribution in [2.24, 2.45) is 0 Å². The minimum atomic E-state index is -0.299. The van der Waals surface area contributed by atoms with Gasteiger partial charge in [0.25, 0.3) is 5.56 Å². The topological polar surface area (TPSA) is 66.0 Å². The van der Waals surface area contributed by atoms with Crippen molar-refractivity contribution in [2.75, 3.05) is 0 Å². The number of aromatic amines is 1. The molecule has 4 nitrogen and oxygen atoms in total. The van der Waals surface area contributed by atoms with E-state index >= 15 is 0 Å². The maximum atomic E-state index is 12.1. The number of aromatic nitrogens is 2. The van der Waals surface area contributed by atoms with Crippen LogP contribution in [0.4, 0.5) is 0 Å². The Morgan fingerprint density at radius 3 is 2.47 bits per heavy atom. The van der Waals surface area contributed by atoms with E-state index in [0.29, 0.717) is 11.4 Å². The number of aromatic hydroxyl groups is 1. The molecular weight excluding hydrogens is 240 g/mol. The Morgan fingerprint density at radius 2 is 1.95 bits per heavy atom. The van der Waals surface area contributed by atoms with E-state index in [9.17, 15) is 9.90 Å². The second-order valence-electron chi connectivity index (χ2n) is 4.83. The third-order valence-electron chi connectivity index (χ3n) is 3.34. The van der Waals surface area contributed by atoms with Crippen LogP contribution in [0.2, 0.25) is 0 Å². The van der Waals surface area contributed by atoms with Crippen LogP contribution in [0.15, 0.2) is 29.1 Å². The van der Waals surface area contributed by atoms with Gasteiger partial charge >= 0.3 is 0 Å². The first kappa shape index (κ1) is 13.3. The molecule has 4 heteroatoms. The molecular formula is C15H18N2O2. The molecule has 19 heavy (non-hydrogen) atoms. The Labute approximate surface area is 112 Å². The third kappa shape index (κ3) is 2.67. The second kappa shape index (κ2) is 5.26. The third-order valence-corrected chi connectivity index (χ3v) is 3.34. The number of aryl methyl sites for hydroxylation is 1. The minimum Gasteiger partial charge on any atom is -0.493 e. The maximum absolute atomic E-state index is 12.1. The molecule has 0 spiro atoms. The predicted octanol–water partition coefficient (Wildman–Crippen LogP) is 2.96. The van der Waals surface area contributed by atoms with Gasteiger partial charge in [-0.05, 0) is 18.9 Å². The molecule has 0 aliphatic rings. The summed E-state index contributed by atoms with van der Waals surface area (Å²) in [6, 6.07) is 7.42. The summed E-state index contributed by atoms with van der Waals surface area (Å²) in [5, 5.41) is 10.0. The molecule has 0 aliphatic heterocycles. The van der Waals surface area contributed by atoms with Crippen LogP contribution in [0.5, 0.6) is 5.88 Å². The minimum absolute atomic E-state index is 0.116. The molecule has 0 fully saturated rings. The molecule has 0 aliphatic carbocycles. The second-order valence-corrected chi connectivity index (χ2v) is 4.83. The lowest BCUT2D eigenvalue weighted by Crippen LogP contribution is -2.15. The van der Waals surface area contributed by atoms with Crippen LogP contribution in [0.25, 0.3) is 11.1 Å². The first-order chi connectivity index (χ1) is 9.02. The summed E-state index contributed by atoms with van der Waals surface area (Å²) in [6.45, 7) is 5.94. The van der Waals surface area contributed by atoms with E-state index in [1.54, 1.807) is 0 Å². The Bertz CT molecular complexity index is 630. The Hall–Kier alpha value is -2.10. The van der Waals surface area contributed by atoms with Gasteiger partial charge in [-0.25, -0.2) is 0 Å². The summed E-state index contributed by atoms with van der Waals surface area (Å²) in [6.07, 6.45) is 0.853. The fourth-order valence-corrected chi connectivity index (χ4v) is 1.89. The number of H-pyrrole nitrogens is 1. The lowest BCUT2D eigenvalue weighted by Gasteiger charge is -2.10. The quantitative estimate of drug-likeness (QED) is 0.889. The van der Waals surface area contributed by atoms with Crippen molar-refractivity contribution in [1.82, 2.24) is 9.97 Å². The molecule has 100 valence electrons. The average molecular weight is 258 g/mol. The summed E-state index contributed by atoms with van der Waals surface area (Å²) in [5.74, 6) is 0.439. The fourth-order valence-electron chi connectivity index (χ4n) is 1.89. The first-order valence-electron chi connectivity index (χ1n) is 6.43. The van der Waals surface area contributed by atoms with Crippen LogP contribution < -0.4 is 5.56 Å². The van der Waals surface area contributed by atoms with Crippen molar-refractivity contribution in [1.29, 1.82) is 0 Å². The van der Waals surface area contributed by atoms with Gasteiger partial charge < -0.3 is 10.1 Å². The van der Waals surface area contributed by atoms with Crippen molar-refractivity contribution in [3.63, 3.8) is 0 Å². The average Bonchev–Trinajstić information content (AvgIpc) is 2.39. The van der Waals surface area contributed by atoms with Crippen LogP contribution in [-0.2, 0) is 0 Å². The summed E-state index contributed by atoms with van der Waals surface area (Å²) in [4.78, 5) is 19.0. The lowest BCUT2D eigenvalue weighted by atomic mass is 10.1. The molecule has 1 atom stereocenters. The molecule has 1 unspecified atom stereocenters. The highest BCUT2D eigenvalue weighted by atomic mass is 16.3. The number of nitrogens with one attached hydrogen (secondary N) is 1. The molecule has 2 N–H and O–H groups in total. The Morgan fingerprint density at radius 1 is 1.32 bits per heavy atom. The van der Waals surface area contributed by atoms with Gasteiger partial charge in [-0.3, -0.25) is 4.79 Å². The van der Waals surface area contributed by atoms with E-state index in [0.717, 1.165) is 12.0 Å². The first-order valence-corrected chi connectivity index (χ1v) is 6.43. The smallest absolute Gasteiger partial charge is 0.262 e. The van der Waals surface area contributed by atoms with Gasteiger partial charge in [0.15, 0.2) is 0 Å². The predicted molar refractivity (Wildman–Crippen MR) is 75.4 cm³/mol. The van der Waals surface area contributed by atoms with Gasteiger partial charge in [-0.2, -0.15) is 4.98 Å². The highest BCUT2D eigenvalue weighted by Gasteiger charge is 2.15. The number of rotatable bonds is 3. The van der Waals surface area contributed by atoms with E-state index < -0.39 is 0 Å². The molecule has 0 saturated heterocycles. The van der Waals surface area contributed by atoms with Crippen LogP contribution in [0, 0.1) is 6.92 Å². The molecule has 1 heterocycles. The van der Waals surface area contributed by atoms with E-state index in [1.165, 1.54) is 0 Å². The fraction of sp³-hybridized carbons (Fsp3) is 0.333. The molecule has 2 rings (SSSR count). The summed E-state index contributed by atoms with van der Waals surface area (Å²) < 4.78 is 0. The Kier molecular flexibility index (Phi) is 3.69. The van der Waals surface area contributed by atoms with Crippen LogP contribution in [0.1, 0.15) is 37.6 Å². The zero-order valence-corrected chi connectivity index (χ0v) is 11.4. The van der Waals surface area contributed by atoms with Crippen LogP contribution in [-0.4, -0.2) is 15.1 Å². The molecule has 1 aromatic carbocycles. The number of benzene rings is 1. The van der Waals surface area contributed by atoms with Crippen LogP contribution >= 0.6 is 0 Å². The van der Waals surface area contributed by atoms with Gasteiger partial charge in [0.2, 0.25) is 5.88 Å². The van der Waals surface area contributed by atoms with Crippen molar-refractivity contribution in [3.05, 3.63) is 46.0 Å². The van der Waals surface area contributed by atoms with E-state index in [4.69, 9.17) is 0 Å². The van der Waals surface area contributed by atoms with Gasteiger partial charge in [0.1, 0.15) is 11.4 Å². The van der Waals surface area contributed by atoms with E-state index in [1.807, 2.05) is 45.0 Å². The maximum Gasteiger partial charge on any atom is 0.262 e. The molecule has 0 amide bonds. The molecule has 0 bridgehead atoms. The zero-order chi connectivity index (χ0) is 14.0. The van der Waals surface area contributed by atoms with Crippen LogP contribution in [0.3, 0.4) is 0 Å². The summed E-state index contributed by atoms with van der Waals surface area (Å²) in [5.41, 5.74) is 1.70. The molecule has 2 aromatic rings. The van der Waals surface area contributed by atoms with Crippen molar-refractivity contribution >= 4 is 0 Å². The van der Waals surface area contributed by atoms with E-state index in [2.05, 4.69) is 9.97 Å². The molecule has 1 aromatic heterocycles. The highest BCUT2D eigenvalue weighted by molar-refractivity contribution is 5.67.